The number of nitrogens with zero attached hydrogens (tertiary/aromatic N) is 4. The van der Waals surface area contributed by atoms with Crippen molar-refractivity contribution in [2.45, 2.75) is 6.92 Å². The average molecular weight is 399 g/mol. The molecule has 2 N–H and O–H groups in total. The van der Waals surface area contributed by atoms with Crippen LogP contribution >= 0.6 is 0 Å². The number of carbonyl (C=O) groups is 4. The number of primary amides is 1. The Kier molecular flexibility index (Phi) is 8.45. The fourth-order valence-corrected chi connectivity index (χ4v) is 3.11. The molecule has 11 nitrogen and oxygen atoms in total. The minimum atomic E-state index is -0.622. The van der Waals surface area contributed by atoms with Crippen molar-refractivity contribution in [1.82, 2.24) is 19.6 Å². The lowest BCUT2D eigenvalue weighted by Crippen LogP contribution is -2.58. The summed E-state index contributed by atoms with van der Waals surface area (Å²) in [6.07, 6.45) is 0. The van der Waals surface area contributed by atoms with Crippen molar-refractivity contribution in [2.75, 3.05) is 78.8 Å². The van der Waals surface area contributed by atoms with Gasteiger partial charge >= 0.3 is 6.03 Å². The molecule has 2 aliphatic heterocycles. The Hall–Kier alpha value is -2.40. The molecule has 11 heteroatoms. The van der Waals surface area contributed by atoms with Gasteiger partial charge in [0, 0.05) is 59.0 Å². The summed E-state index contributed by atoms with van der Waals surface area (Å²) in [7, 11) is 0. The van der Waals surface area contributed by atoms with Gasteiger partial charge in [0.15, 0.2) is 0 Å². The fourth-order valence-electron chi connectivity index (χ4n) is 3.11. The maximum Gasteiger partial charge on any atom is 0.320 e. The highest BCUT2D eigenvalue weighted by atomic mass is 16.5. The highest BCUT2D eigenvalue weighted by molar-refractivity contribution is 5.80. The largest absolute Gasteiger partial charge is 0.372 e. The van der Waals surface area contributed by atoms with E-state index in [1.807, 2.05) is 6.92 Å². The molecule has 0 aromatic carbocycles. The minimum absolute atomic E-state index is 0.0559. The zero-order chi connectivity index (χ0) is 20.5. The van der Waals surface area contributed by atoms with E-state index in [1.165, 1.54) is 0 Å². The summed E-state index contributed by atoms with van der Waals surface area (Å²) in [4.78, 5) is 54.0. The molecule has 0 bridgehead atoms. The highest BCUT2D eigenvalue weighted by Gasteiger charge is 2.30. The zero-order valence-corrected chi connectivity index (χ0v) is 16.3. The first kappa shape index (κ1) is 21.9. The first-order valence-electron chi connectivity index (χ1n) is 9.45. The van der Waals surface area contributed by atoms with Crippen LogP contribution in [0.1, 0.15) is 6.92 Å². The van der Waals surface area contributed by atoms with Crippen molar-refractivity contribution in [3.05, 3.63) is 0 Å². The van der Waals surface area contributed by atoms with Gasteiger partial charge in [0.05, 0.1) is 0 Å². The lowest BCUT2D eigenvalue weighted by molar-refractivity contribution is -0.139. The van der Waals surface area contributed by atoms with Gasteiger partial charge in [0.2, 0.25) is 17.7 Å². The van der Waals surface area contributed by atoms with Crippen LogP contribution in [0.25, 0.3) is 0 Å². The quantitative estimate of drug-likeness (QED) is 0.524. The van der Waals surface area contributed by atoms with Crippen LogP contribution in [0.2, 0.25) is 0 Å². The maximum absolute atomic E-state index is 12.7. The summed E-state index contributed by atoms with van der Waals surface area (Å²) in [5.74, 6) is -0.905. The summed E-state index contributed by atoms with van der Waals surface area (Å²) < 4.78 is 10.1. The summed E-state index contributed by atoms with van der Waals surface area (Å²) in [5.41, 5.74) is 4.96. The number of nitrogens with two attached hydrogens (primary N) is 1. The summed E-state index contributed by atoms with van der Waals surface area (Å²) >= 11 is 0. The van der Waals surface area contributed by atoms with Crippen LogP contribution in [0.4, 0.5) is 4.79 Å². The number of urea groups is 1. The SMILES string of the molecule is CCOCC(=O)N1CCN(C(=O)N2CCN(C(=O)COCC(N)=O)CC2)CC1. The third kappa shape index (κ3) is 6.34. The van der Waals surface area contributed by atoms with Gasteiger partial charge < -0.3 is 34.8 Å². The standard InChI is InChI=1S/C17H29N5O6/c1-2-27-12-15(24)19-3-7-21(8-4-19)17(26)22-9-5-20(6-10-22)16(25)13-28-11-14(18)23/h2-13H2,1H3,(H2,18,23). The second-order valence-corrected chi connectivity index (χ2v) is 6.61. The van der Waals surface area contributed by atoms with E-state index in [-0.39, 0.29) is 37.7 Å². The molecule has 0 unspecified atom stereocenters. The second-order valence-electron chi connectivity index (χ2n) is 6.61. The molecule has 2 saturated heterocycles. The number of piperazine rings is 2. The lowest BCUT2D eigenvalue weighted by atomic mass is 10.3. The van der Waals surface area contributed by atoms with E-state index >= 15 is 0 Å². The van der Waals surface area contributed by atoms with Gasteiger partial charge in [-0.15, -0.1) is 0 Å². The Morgan fingerprint density at radius 3 is 1.46 bits per heavy atom. The van der Waals surface area contributed by atoms with Crippen molar-refractivity contribution in [1.29, 1.82) is 0 Å². The zero-order valence-electron chi connectivity index (χ0n) is 16.3. The third-order valence-corrected chi connectivity index (χ3v) is 4.71. The second kappa shape index (κ2) is 10.8. The molecule has 2 aliphatic rings. The number of rotatable bonds is 7. The molecule has 158 valence electrons. The Balaban J connectivity index is 1.70. The van der Waals surface area contributed by atoms with Crippen LogP contribution in [-0.2, 0) is 23.9 Å². The number of carbonyl (C=O) groups excluding carboxylic acids is 4. The predicted octanol–water partition coefficient (Wildman–Crippen LogP) is -2.07. The van der Waals surface area contributed by atoms with E-state index in [2.05, 4.69) is 0 Å². The van der Waals surface area contributed by atoms with E-state index in [9.17, 15) is 19.2 Å². The van der Waals surface area contributed by atoms with Crippen LogP contribution in [-0.4, -0.2) is 122 Å². The van der Waals surface area contributed by atoms with Gasteiger partial charge in [0.1, 0.15) is 19.8 Å². The van der Waals surface area contributed by atoms with Crippen LogP contribution in [0.5, 0.6) is 0 Å². The molecule has 0 aromatic heterocycles. The van der Waals surface area contributed by atoms with Gasteiger partial charge in [-0.1, -0.05) is 0 Å². The van der Waals surface area contributed by atoms with Crippen molar-refractivity contribution in [3.63, 3.8) is 0 Å². The van der Waals surface area contributed by atoms with Crippen LogP contribution < -0.4 is 5.73 Å². The van der Waals surface area contributed by atoms with Gasteiger partial charge in [-0.25, -0.2) is 4.79 Å². The Morgan fingerprint density at radius 2 is 1.07 bits per heavy atom. The Morgan fingerprint density at radius 1 is 0.679 bits per heavy atom. The van der Waals surface area contributed by atoms with E-state index in [0.717, 1.165) is 0 Å². The van der Waals surface area contributed by atoms with Crippen LogP contribution in [0, 0.1) is 0 Å². The van der Waals surface area contributed by atoms with Crippen molar-refractivity contribution < 1.29 is 28.7 Å². The predicted molar refractivity (Wildman–Crippen MR) is 98.2 cm³/mol. The molecule has 0 spiro atoms. The molecule has 0 radical (unpaired) electrons. The number of hydrogen-bond donors (Lipinski definition) is 1. The normalized spacial score (nSPS) is 17.6. The van der Waals surface area contributed by atoms with Crippen LogP contribution in [0.15, 0.2) is 0 Å². The van der Waals surface area contributed by atoms with E-state index in [0.29, 0.717) is 59.0 Å². The van der Waals surface area contributed by atoms with Crippen LogP contribution in [0.3, 0.4) is 0 Å². The molecule has 0 atom stereocenters. The van der Waals surface area contributed by atoms with E-state index in [1.54, 1.807) is 19.6 Å². The lowest BCUT2D eigenvalue weighted by Gasteiger charge is -2.40. The van der Waals surface area contributed by atoms with Crippen molar-refractivity contribution in [2.24, 2.45) is 5.73 Å². The van der Waals surface area contributed by atoms with Crippen molar-refractivity contribution >= 4 is 23.8 Å². The molecule has 2 heterocycles. The first-order chi connectivity index (χ1) is 13.4. The average Bonchev–Trinajstić information content (AvgIpc) is 2.71. The Labute approximate surface area is 164 Å². The van der Waals surface area contributed by atoms with Gasteiger partial charge in [-0.05, 0) is 6.92 Å². The van der Waals surface area contributed by atoms with Crippen molar-refractivity contribution in [3.8, 4) is 0 Å². The number of amides is 5. The minimum Gasteiger partial charge on any atom is -0.372 e. The molecule has 5 amide bonds. The summed E-state index contributed by atoms with van der Waals surface area (Å²) in [6, 6.07) is -0.0750. The van der Waals surface area contributed by atoms with E-state index in [4.69, 9.17) is 15.2 Å². The number of hydrogen-bond acceptors (Lipinski definition) is 6. The summed E-state index contributed by atoms with van der Waals surface area (Å²) in [6.45, 7) is 5.57. The monoisotopic (exact) mass is 399 g/mol. The smallest absolute Gasteiger partial charge is 0.320 e. The summed E-state index contributed by atoms with van der Waals surface area (Å²) in [5, 5.41) is 0. The molecule has 0 aromatic rings. The molecule has 0 saturated carbocycles. The van der Waals surface area contributed by atoms with Gasteiger partial charge in [-0.3, -0.25) is 14.4 Å². The first-order valence-corrected chi connectivity index (χ1v) is 9.45. The molecule has 2 rings (SSSR count). The molecule has 2 fully saturated rings. The maximum atomic E-state index is 12.7. The fraction of sp³-hybridized carbons (Fsp3) is 0.765. The topological polar surface area (TPSA) is 126 Å². The molecule has 0 aliphatic carbocycles. The van der Waals surface area contributed by atoms with Gasteiger partial charge in [0.25, 0.3) is 0 Å². The third-order valence-electron chi connectivity index (χ3n) is 4.71. The molecule has 28 heavy (non-hydrogen) atoms. The Bertz CT molecular complexity index is 570. The number of ether oxygens (including phenoxy) is 2. The van der Waals surface area contributed by atoms with Gasteiger partial charge in [-0.2, -0.15) is 0 Å². The molecular weight excluding hydrogens is 370 g/mol. The molecular formula is C17H29N5O6. The highest BCUT2D eigenvalue weighted by Crippen LogP contribution is 2.10. The van der Waals surface area contributed by atoms with E-state index < -0.39 is 5.91 Å².